The van der Waals surface area contributed by atoms with Crippen molar-refractivity contribution < 1.29 is 9.53 Å². The molecule has 0 saturated heterocycles. The molecule has 0 spiro atoms. The van der Waals surface area contributed by atoms with Gasteiger partial charge in [-0.25, -0.2) is 9.79 Å². The normalized spacial score (nSPS) is 15.6. The predicted molar refractivity (Wildman–Crippen MR) is 149 cm³/mol. The molecular formula is C30H21ClN2O3S. The lowest BCUT2D eigenvalue weighted by atomic mass is 9.96. The van der Waals surface area contributed by atoms with Gasteiger partial charge in [-0.05, 0) is 63.9 Å². The topological polar surface area (TPSA) is 60.7 Å². The van der Waals surface area contributed by atoms with Crippen LogP contribution >= 0.6 is 22.9 Å². The summed E-state index contributed by atoms with van der Waals surface area (Å²) in [5, 5.41) is 4.89. The van der Waals surface area contributed by atoms with E-state index in [0.29, 0.717) is 25.6 Å². The van der Waals surface area contributed by atoms with E-state index in [-0.39, 0.29) is 5.56 Å². The summed E-state index contributed by atoms with van der Waals surface area (Å²) in [5.41, 5.74) is 2.37. The molecule has 2 heterocycles. The molecular weight excluding hydrogens is 504 g/mol. The number of aromatic nitrogens is 1. The van der Waals surface area contributed by atoms with Gasteiger partial charge in [-0.1, -0.05) is 83.6 Å². The number of hydrogen-bond acceptors (Lipinski definition) is 5. The summed E-state index contributed by atoms with van der Waals surface area (Å²) in [6, 6.07) is 25.0. The first-order valence-corrected chi connectivity index (χ1v) is 12.9. The third-order valence-corrected chi connectivity index (χ3v) is 7.94. The number of nitrogens with zero attached hydrogens (tertiary/aromatic N) is 2. The van der Waals surface area contributed by atoms with Crippen LogP contribution in [0.3, 0.4) is 0 Å². The number of allylic oxidation sites excluding steroid dienone is 1. The Balaban J connectivity index is 1.66. The van der Waals surface area contributed by atoms with Gasteiger partial charge in [0.25, 0.3) is 5.56 Å². The molecule has 1 atom stereocenters. The Labute approximate surface area is 221 Å². The average molecular weight is 525 g/mol. The average Bonchev–Trinajstić information content (AvgIpc) is 3.22. The Kier molecular flexibility index (Phi) is 5.78. The maximum absolute atomic E-state index is 14.0. The molecule has 0 N–H and O–H groups in total. The molecule has 0 radical (unpaired) electrons. The first kappa shape index (κ1) is 23.4. The van der Waals surface area contributed by atoms with Gasteiger partial charge in [0.15, 0.2) is 4.80 Å². The molecule has 0 unspecified atom stereocenters. The van der Waals surface area contributed by atoms with Crippen molar-refractivity contribution in [2.45, 2.75) is 13.0 Å². The zero-order valence-electron chi connectivity index (χ0n) is 20.1. The van der Waals surface area contributed by atoms with Crippen molar-refractivity contribution in [2.24, 2.45) is 4.99 Å². The molecule has 0 aliphatic carbocycles. The number of halogens is 1. The van der Waals surface area contributed by atoms with Crippen LogP contribution in [0.15, 0.2) is 99.9 Å². The number of esters is 1. The second kappa shape index (κ2) is 9.14. The van der Waals surface area contributed by atoms with Crippen molar-refractivity contribution in [3.05, 3.63) is 126 Å². The summed E-state index contributed by atoms with van der Waals surface area (Å²) >= 11 is 7.45. The van der Waals surface area contributed by atoms with Crippen molar-refractivity contribution in [3.8, 4) is 0 Å². The summed E-state index contributed by atoms with van der Waals surface area (Å²) in [7, 11) is 1.33. The lowest BCUT2D eigenvalue weighted by Gasteiger charge is -2.24. The lowest BCUT2D eigenvalue weighted by Crippen LogP contribution is -2.39. The summed E-state index contributed by atoms with van der Waals surface area (Å²) < 4.78 is 7.22. The van der Waals surface area contributed by atoms with Gasteiger partial charge in [-0.3, -0.25) is 9.36 Å². The number of carbonyl (C=O) groups excluding carboxylic acids is 1. The second-order valence-electron chi connectivity index (χ2n) is 8.86. The summed E-state index contributed by atoms with van der Waals surface area (Å²) in [4.78, 5) is 32.0. The fourth-order valence-electron chi connectivity index (χ4n) is 4.99. The van der Waals surface area contributed by atoms with E-state index in [9.17, 15) is 9.59 Å². The van der Waals surface area contributed by atoms with Crippen molar-refractivity contribution in [3.63, 3.8) is 0 Å². The molecule has 0 fully saturated rings. The van der Waals surface area contributed by atoms with Gasteiger partial charge in [-0.2, -0.15) is 0 Å². The molecule has 6 rings (SSSR count). The van der Waals surface area contributed by atoms with Crippen LogP contribution < -0.4 is 14.9 Å². The first-order chi connectivity index (χ1) is 18.0. The molecule has 37 heavy (non-hydrogen) atoms. The quantitative estimate of drug-likeness (QED) is 0.235. The molecule has 182 valence electrons. The zero-order chi connectivity index (χ0) is 25.7. The highest BCUT2D eigenvalue weighted by atomic mass is 35.5. The van der Waals surface area contributed by atoms with Crippen molar-refractivity contribution >= 4 is 56.5 Å². The molecule has 1 aliphatic rings. The molecule has 7 heteroatoms. The zero-order valence-corrected chi connectivity index (χ0v) is 21.6. The van der Waals surface area contributed by atoms with Crippen LogP contribution in [0.4, 0.5) is 0 Å². The molecule has 1 aliphatic heterocycles. The monoisotopic (exact) mass is 524 g/mol. The van der Waals surface area contributed by atoms with E-state index in [2.05, 4.69) is 35.3 Å². The summed E-state index contributed by atoms with van der Waals surface area (Å²) in [6.45, 7) is 1.77. The van der Waals surface area contributed by atoms with E-state index in [1.165, 1.54) is 18.4 Å². The van der Waals surface area contributed by atoms with E-state index in [4.69, 9.17) is 16.3 Å². The van der Waals surface area contributed by atoms with Gasteiger partial charge >= 0.3 is 5.97 Å². The van der Waals surface area contributed by atoms with Crippen LogP contribution in [-0.2, 0) is 9.53 Å². The summed E-state index contributed by atoms with van der Waals surface area (Å²) in [6.07, 6.45) is 1.95. The van der Waals surface area contributed by atoms with Gasteiger partial charge in [0, 0.05) is 5.02 Å². The van der Waals surface area contributed by atoms with Crippen LogP contribution in [0.1, 0.15) is 24.1 Å². The van der Waals surface area contributed by atoms with E-state index in [1.54, 1.807) is 23.6 Å². The molecule has 0 bridgehead atoms. The number of benzene rings is 4. The molecule has 0 amide bonds. The standard InChI is InChI=1S/C30H21ClN2O3S/c1-17-26(29(35)36-2)27(18-11-13-21(31)14-12-18)33-28(34)25(37-30(33)32-17)16-24-22-9-5-3-7-19(22)15-20-8-4-6-10-23(20)24/h3-16,27H,1-2H3/b25-16-/t27-/m0/s1. The van der Waals surface area contributed by atoms with Gasteiger partial charge in [0.05, 0.1) is 29.0 Å². The van der Waals surface area contributed by atoms with Crippen LogP contribution in [0.25, 0.3) is 27.6 Å². The Morgan fingerprint density at radius 2 is 1.62 bits per heavy atom. The maximum Gasteiger partial charge on any atom is 0.338 e. The maximum atomic E-state index is 14.0. The molecule has 4 aromatic carbocycles. The highest BCUT2D eigenvalue weighted by Crippen LogP contribution is 2.32. The number of fused-ring (bicyclic) bond motifs is 3. The fraction of sp³-hybridized carbons (Fsp3) is 0.100. The van der Waals surface area contributed by atoms with E-state index in [0.717, 1.165) is 32.7 Å². The highest BCUT2D eigenvalue weighted by Gasteiger charge is 2.33. The fourth-order valence-corrected chi connectivity index (χ4v) is 6.14. The lowest BCUT2D eigenvalue weighted by molar-refractivity contribution is -0.136. The van der Waals surface area contributed by atoms with Gasteiger partial charge < -0.3 is 4.74 Å². The highest BCUT2D eigenvalue weighted by molar-refractivity contribution is 7.07. The Morgan fingerprint density at radius 3 is 2.24 bits per heavy atom. The third-order valence-electron chi connectivity index (χ3n) is 6.70. The number of thiazole rings is 1. The van der Waals surface area contributed by atoms with E-state index >= 15 is 0 Å². The minimum atomic E-state index is -0.674. The Morgan fingerprint density at radius 1 is 1.00 bits per heavy atom. The SMILES string of the molecule is COC(=O)C1=C(C)N=c2s/c(=C\c3c4ccccc4cc4ccccc34)c(=O)n2[C@H]1c1ccc(Cl)cc1. The second-order valence-corrected chi connectivity index (χ2v) is 10.3. The molecule has 5 aromatic rings. The number of methoxy groups -OCH3 is 1. The Bertz CT molecular complexity index is 1880. The summed E-state index contributed by atoms with van der Waals surface area (Å²) in [5.74, 6) is -0.518. The molecule has 5 nitrogen and oxygen atoms in total. The van der Waals surface area contributed by atoms with E-state index in [1.807, 2.05) is 42.5 Å². The minimum absolute atomic E-state index is 0.213. The van der Waals surface area contributed by atoms with Crippen LogP contribution in [0.2, 0.25) is 5.02 Å². The van der Waals surface area contributed by atoms with E-state index < -0.39 is 12.0 Å². The minimum Gasteiger partial charge on any atom is -0.466 e. The number of rotatable bonds is 3. The van der Waals surface area contributed by atoms with Crippen molar-refractivity contribution in [1.29, 1.82) is 0 Å². The Hall–Kier alpha value is -4.00. The van der Waals surface area contributed by atoms with Crippen LogP contribution in [0.5, 0.6) is 0 Å². The third kappa shape index (κ3) is 3.89. The molecule has 1 aromatic heterocycles. The van der Waals surface area contributed by atoms with Crippen LogP contribution in [-0.4, -0.2) is 17.6 Å². The van der Waals surface area contributed by atoms with Crippen molar-refractivity contribution in [1.82, 2.24) is 4.57 Å². The number of carbonyl (C=O) groups is 1. The smallest absolute Gasteiger partial charge is 0.338 e. The predicted octanol–water partition coefficient (Wildman–Crippen LogP) is 5.37. The van der Waals surface area contributed by atoms with Gasteiger partial charge in [0.1, 0.15) is 0 Å². The number of hydrogen-bond donors (Lipinski definition) is 0. The van der Waals surface area contributed by atoms with Gasteiger partial charge in [-0.15, -0.1) is 0 Å². The van der Waals surface area contributed by atoms with Crippen LogP contribution in [0, 0.1) is 0 Å². The largest absolute Gasteiger partial charge is 0.466 e. The van der Waals surface area contributed by atoms with Crippen molar-refractivity contribution in [2.75, 3.05) is 7.11 Å². The first-order valence-electron chi connectivity index (χ1n) is 11.7. The van der Waals surface area contributed by atoms with Gasteiger partial charge in [0.2, 0.25) is 0 Å². The molecule has 0 saturated carbocycles. The number of ether oxygens (including phenoxy) is 1.